The molecule has 14 heavy (non-hydrogen) atoms. The summed E-state index contributed by atoms with van der Waals surface area (Å²) in [6.45, 7) is 0. The number of carbonyl (C=O) groups excluding carboxylic acids is 1. The molecular formula is C10H7IO2S. The van der Waals surface area contributed by atoms with Crippen molar-refractivity contribution in [2.45, 2.75) is 0 Å². The first kappa shape index (κ1) is 9.92. The SMILES string of the molecule is COc1cc(C=O)cc2c(I)csc12. The molecule has 0 spiro atoms. The highest BCUT2D eigenvalue weighted by Gasteiger charge is 2.08. The first-order valence-electron chi connectivity index (χ1n) is 3.96. The predicted molar refractivity (Wildman–Crippen MR) is 66.5 cm³/mol. The number of fused-ring (bicyclic) bond motifs is 1. The lowest BCUT2D eigenvalue weighted by atomic mass is 10.2. The van der Waals surface area contributed by atoms with Crippen molar-refractivity contribution in [3.8, 4) is 5.75 Å². The number of methoxy groups -OCH3 is 1. The zero-order chi connectivity index (χ0) is 10.1. The summed E-state index contributed by atoms with van der Waals surface area (Å²) in [6.07, 6.45) is 0.843. The highest BCUT2D eigenvalue weighted by atomic mass is 127. The van der Waals surface area contributed by atoms with E-state index in [1.54, 1.807) is 24.5 Å². The van der Waals surface area contributed by atoms with Crippen molar-refractivity contribution in [2.24, 2.45) is 0 Å². The number of benzene rings is 1. The van der Waals surface area contributed by atoms with Gasteiger partial charge in [0.05, 0.1) is 11.8 Å². The second-order valence-corrected chi connectivity index (χ2v) is 4.84. The fourth-order valence-electron chi connectivity index (χ4n) is 1.32. The fourth-order valence-corrected chi connectivity index (χ4v) is 3.21. The molecule has 0 saturated carbocycles. The highest BCUT2D eigenvalue weighted by molar-refractivity contribution is 14.1. The standard InChI is InChI=1S/C10H7IO2S/c1-13-9-3-6(4-12)2-7-8(11)5-14-10(7)9/h2-5H,1H3. The molecule has 4 heteroatoms. The molecule has 0 N–H and O–H groups in total. The fraction of sp³-hybridized carbons (Fsp3) is 0.100. The molecule has 0 unspecified atom stereocenters. The zero-order valence-electron chi connectivity index (χ0n) is 7.41. The molecular weight excluding hydrogens is 311 g/mol. The Morgan fingerprint density at radius 1 is 1.50 bits per heavy atom. The van der Waals surface area contributed by atoms with Gasteiger partial charge in [-0.25, -0.2) is 0 Å². The quantitative estimate of drug-likeness (QED) is 0.627. The predicted octanol–water partition coefficient (Wildman–Crippen LogP) is 3.33. The Morgan fingerprint density at radius 3 is 2.93 bits per heavy atom. The van der Waals surface area contributed by atoms with Crippen LogP contribution in [-0.4, -0.2) is 13.4 Å². The van der Waals surface area contributed by atoms with Gasteiger partial charge in [0, 0.05) is 19.9 Å². The normalized spacial score (nSPS) is 10.4. The first-order chi connectivity index (χ1) is 6.76. The Labute approximate surface area is 99.0 Å². The number of carbonyl (C=O) groups is 1. The highest BCUT2D eigenvalue weighted by Crippen LogP contribution is 2.35. The number of ether oxygens (including phenoxy) is 1. The van der Waals surface area contributed by atoms with E-state index >= 15 is 0 Å². The lowest BCUT2D eigenvalue weighted by Crippen LogP contribution is -1.86. The summed E-state index contributed by atoms with van der Waals surface area (Å²) in [6, 6.07) is 3.66. The van der Waals surface area contributed by atoms with Gasteiger partial charge in [-0.3, -0.25) is 4.79 Å². The lowest BCUT2D eigenvalue weighted by Gasteiger charge is -2.02. The minimum absolute atomic E-state index is 0.658. The summed E-state index contributed by atoms with van der Waals surface area (Å²) >= 11 is 3.89. The van der Waals surface area contributed by atoms with Crippen molar-refractivity contribution in [3.63, 3.8) is 0 Å². The monoisotopic (exact) mass is 318 g/mol. The first-order valence-corrected chi connectivity index (χ1v) is 5.92. The van der Waals surface area contributed by atoms with Crippen molar-refractivity contribution < 1.29 is 9.53 Å². The minimum Gasteiger partial charge on any atom is -0.495 e. The molecule has 2 aromatic rings. The molecule has 0 amide bonds. The second kappa shape index (κ2) is 3.86. The third-order valence-electron chi connectivity index (χ3n) is 1.97. The van der Waals surface area contributed by atoms with Crippen LogP contribution in [0, 0.1) is 3.57 Å². The molecule has 72 valence electrons. The van der Waals surface area contributed by atoms with Gasteiger partial charge in [-0.1, -0.05) is 0 Å². The molecule has 0 bridgehead atoms. The molecule has 0 saturated heterocycles. The summed E-state index contributed by atoms with van der Waals surface area (Å²) in [4.78, 5) is 10.7. The van der Waals surface area contributed by atoms with Gasteiger partial charge < -0.3 is 4.74 Å². The molecule has 2 rings (SSSR count). The Bertz CT molecular complexity index is 490. The summed E-state index contributed by atoms with van der Waals surface area (Å²) in [7, 11) is 1.62. The van der Waals surface area contributed by atoms with Crippen molar-refractivity contribution >= 4 is 50.3 Å². The topological polar surface area (TPSA) is 26.3 Å². The summed E-state index contributed by atoms with van der Waals surface area (Å²) in [5.74, 6) is 0.775. The van der Waals surface area contributed by atoms with E-state index in [4.69, 9.17) is 4.74 Å². The summed E-state index contributed by atoms with van der Waals surface area (Å²) in [5, 5.41) is 3.15. The summed E-state index contributed by atoms with van der Waals surface area (Å²) in [5.41, 5.74) is 0.658. The number of aldehydes is 1. The van der Waals surface area contributed by atoms with Crippen LogP contribution in [0.25, 0.3) is 10.1 Å². The van der Waals surface area contributed by atoms with E-state index in [0.717, 1.165) is 25.7 Å². The van der Waals surface area contributed by atoms with Gasteiger partial charge >= 0.3 is 0 Å². The van der Waals surface area contributed by atoms with E-state index in [9.17, 15) is 4.79 Å². The maximum atomic E-state index is 10.7. The van der Waals surface area contributed by atoms with Gasteiger partial charge in [-0.2, -0.15) is 0 Å². The smallest absolute Gasteiger partial charge is 0.150 e. The molecule has 1 aromatic heterocycles. The molecule has 2 nitrogen and oxygen atoms in total. The maximum absolute atomic E-state index is 10.7. The van der Waals surface area contributed by atoms with Gasteiger partial charge in [0.2, 0.25) is 0 Å². The number of hydrogen-bond donors (Lipinski definition) is 0. The third-order valence-corrected chi connectivity index (χ3v) is 4.30. The van der Waals surface area contributed by atoms with Gasteiger partial charge in [0.15, 0.2) is 0 Å². The van der Waals surface area contributed by atoms with E-state index in [2.05, 4.69) is 28.0 Å². The van der Waals surface area contributed by atoms with Gasteiger partial charge in [0.25, 0.3) is 0 Å². The minimum atomic E-state index is 0.658. The van der Waals surface area contributed by atoms with Crippen LogP contribution in [0.3, 0.4) is 0 Å². The molecule has 1 heterocycles. The van der Waals surface area contributed by atoms with Crippen molar-refractivity contribution in [1.29, 1.82) is 0 Å². The second-order valence-electron chi connectivity index (χ2n) is 2.80. The van der Waals surface area contributed by atoms with Crippen molar-refractivity contribution in [3.05, 3.63) is 26.6 Å². The average molecular weight is 318 g/mol. The van der Waals surface area contributed by atoms with E-state index in [0.29, 0.717) is 5.56 Å². The summed E-state index contributed by atoms with van der Waals surface area (Å²) < 4.78 is 7.49. The van der Waals surface area contributed by atoms with Crippen LogP contribution in [0.15, 0.2) is 17.5 Å². The molecule has 0 aliphatic rings. The number of halogens is 1. The molecule has 0 aliphatic carbocycles. The van der Waals surface area contributed by atoms with Gasteiger partial charge in [0.1, 0.15) is 12.0 Å². The van der Waals surface area contributed by atoms with Crippen LogP contribution < -0.4 is 4.74 Å². The van der Waals surface area contributed by atoms with E-state index in [1.807, 2.05) is 6.07 Å². The Hall–Kier alpha value is -0.620. The molecule has 0 atom stereocenters. The molecule has 0 fully saturated rings. The molecule has 0 radical (unpaired) electrons. The number of rotatable bonds is 2. The van der Waals surface area contributed by atoms with Crippen molar-refractivity contribution in [1.82, 2.24) is 0 Å². The van der Waals surface area contributed by atoms with Crippen LogP contribution in [0.1, 0.15) is 10.4 Å². The Morgan fingerprint density at radius 2 is 2.29 bits per heavy atom. The van der Waals surface area contributed by atoms with E-state index in [-0.39, 0.29) is 0 Å². The Kier molecular flexibility index (Phi) is 2.73. The average Bonchev–Trinajstić information content (AvgIpc) is 2.59. The third kappa shape index (κ3) is 1.52. The molecule has 1 aromatic carbocycles. The Balaban J connectivity index is 2.82. The van der Waals surface area contributed by atoms with E-state index < -0.39 is 0 Å². The van der Waals surface area contributed by atoms with E-state index in [1.165, 1.54) is 0 Å². The van der Waals surface area contributed by atoms with Gasteiger partial charge in [-0.15, -0.1) is 11.3 Å². The van der Waals surface area contributed by atoms with Crippen LogP contribution >= 0.6 is 33.9 Å². The lowest BCUT2D eigenvalue weighted by molar-refractivity contribution is 0.112. The van der Waals surface area contributed by atoms with Crippen LogP contribution in [0.5, 0.6) is 5.75 Å². The zero-order valence-corrected chi connectivity index (χ0v) is 10.4. The van der Waals surface area contributed by atoms with Crippen LogP contribution in [0.4, 0.5) is 0 Å². The van der Waals surface area contributed by atoms with Crippen LogP contribution in [0.2, 0.25) is 0 Å². The van der Waals surface area contributed by atoms with Gasteiger partial charge in [-0.05, 0) is 34.7 Å². The largest absolute Gasteiger partial charge is 0.495 e. The van der Waals surface area contributed by atoms with Crippen LogP contribution in [-0.2, 0) is 0 Å². The van der Waals surface area contributed by atoms with Crippen molar-refractivity contribution in [2.75, 3.05) is 7.11 Å². The number of hydrogen-bond acceptors (Lipinski definition) is 3. The number of thiophene rings is 1. The maximum Gasteiger partial charge on any atom is 0.150 e. The molecule has 0 aliphatic heterocycles.